The fourth-order valence-electron chi connectivity index (χ4n) is 2.69. The third-order valence-electron chi connectivity index (χ3n) is 4.21. The van der Waals surface area contributed by atoms with Crippen LogP contribution in [-0.4, -0.2) is 43.6 Å². The third-order valence-corrected chi connectivity index (χ3v) is 4.21. The molecule has 148 valence electrons. The molecule has 0 unspecified atom stereocenters. The number of alkyl halides is 3. The normalized spacial score (nSPS) is 14.0. The number of nitrogens with one attached hydrogen (secondary N) is 2. The van der Waals surface area contributed by atoms with Crippen molar-refractivity contribution in [2.24, 2.45) is 0 Å². The minimum Gasteiger partial charge on any atom is -0.497 e. The number of hydrogen-bond acceptors (Lipinski definition) is 4. The molecule has 0 heterocycles. The minimum absolute atomic E-state index is 0.0356. The molecular weight excluding hydrogens is 357 g/mol. The number of ether oxygens (including phenoxy) is 1. The quantitative estimate of drug-likeness (QED) is 0.553. The number of methoxy groups -OCH3 is 1. The van der Waals surface area contributed by atoms with Gasteiger partial charge in [-0.3, -0.25) is 5.32 Å². The lowest BCUT2D eigenvalue weighted by molar-refractivity contribution is -0.177. The first-order chi connectivity index (χ1) is 12.9. The summed E-state index contributed by atoms with van der Waals surface area (Å²) in [5, 5.41) is 15.3. The van der Waals surface area contributed by atoms with E-state index in [1.165, 1.54) is 0 Å². The Hall–Kier alpha value is -2.09. The average molecular weight is 382 g/mol. The minimum atomic E-state index is -4.54. The average Bonchev–Trinajstić information content (AvgIpc) is 2.65. The molecule has 2 atom stereocenters. The van der Waals surface area contributed by atoms with Gasteiger partial charge in [-0.2, -0.15) is 13.2 Å². The Bertz CT molecular complexity index is 663. The lowest BCUT2D eigenvalue weighted by Gasteiger charge is -2.26. The lowest BCUT2D eigenvalue weighted by Crippen LogP contribution is -2.53. The van der Waals surface area contributed by atoms with Crippen LogP contribution in [0.15, 0.2) is 54.6 Å². The zero-order valence-electron chi connectivity index (χ0n) is 15.2. The highest BCUT2D eigenvalue weighted by Gasteiger charge is 2.43. The highest BCUT2D eigenvalue weighted by Crippen LogP contribution is 2.23. The molecule has 0 spiro atoms. The number of aliphatic hydroxyl groups excluding tert-OH is 1. The van der Waals surface area contributed by atoms with Crippen molar-refractivity contribution in [3.63, 3.8) is 0 Å². The molecule has 0 saturated carbocycles. The zero-order chi connectivity index (χ0) is 19.7. The van der Waals surface area contributed by atoms with Crippen molar-refractivity contribution in [3.05, 3.63) is 65.7 Å². The van der Waals surface area contributed by atoms with Crippen LogP contribution in [0.5, 0.6) is 5.75 Å². The van der Waals surface area contributed by atoms with Crippen LogP contribution in [0, 0.1) is 0 Å². The molecule has 0 bridgehead atoms. The Labute approximate surface area is 157 Å². The van der Waals surface area contributed by atoms with E-state index in [2.05, 4.69) is 10.6 Å². The van der Waals surface area contributed by atoms with E-state index in [0.717, 1.165) is 16.9 Å². The van der Waals surface area contributed by atoms with Crippen LogP contribution in [0.25, 0.3) is 0 Å². The molecule has 3 N–H and O–H groups in total. The summed E-state index contributed by atoms with van der Waals surface area (Å²) in [6.45, 7) is 0.350. The second-order valence-corrected chi connectivity index (χ2v) is 6.26. The molecule has 2 rings (SSSR count). The lowest BCUT2D eigenvalue weighted by atomic mass is 10.1. The van der Waals surface area contributed by atoms with E-state index in [9.17, 15) is 18.3 Å². The third kappa shape index (κ3) is 7.21. The highest BCUT2D eigenvalue weighted by molar-refractivity contribution is 5.27. The topological polar surface area (TPSA) is 53.5 Å². The number of rotatable bonds is 10. The molecular formula is C20H25F3N2O2. The summed E-state index contributed by atoms with van der Waals surface area (Å²) in [7, 11) is 1.58. The number of aliphatic hydroxyl groups is 1. The van der Waals surface area contributed by atoms with E-state index in [4.69, 9.17) is 4.74 Å². The molecule has 27 heavy (non-hydrogen) atoms. The standard InChI is InChI=1S/C20H25F3N2O2/c1-27-17-9-7-15(8-10-17)11-12-24-14-18(26)19(20(21,22)23)25-13-16-5-3-2-4-6-16/h2-10,18-19,24-26H,11-14H2,1H3/t18-,19+/m0/s1. The van der Waals surface area contributed by atoms with E-state index in [1.807, 2.05) is 24.3 Å². The second-order valence-electron chi connectivity index (χ2n) is 6.26. The van der Waals surface area contributed by atoms with Crippen molar-refractivity contribution in [2.75, 3.05) is 20.2 Å². The van der Waals surface area contributed by atoms with Gasteiger partial charge in [0.1, 0.15) is 11.8 Å². The summed E-state index contributed by atoms with van der Waals surface area (Å²) in [6, 6.07) is 14.3. The fraction of sp³-hybridized carbons (Fsp3) is 0.400. The Balaban J connectivity index is 1.79. The fourth-order valence-corrected chi connectivity index (χ4v) is 2.69. The summed E-state index contributed by atoms with van der Waals surface area (Å²) in [5.41, 5.74) is 1.76. The van der Waals surface area contributed by atoms with Crippen LogP contribution >= 0.6 is 0 Å². The van der Waals surface area contributed by atoms with E-state index < -0.39 is 18.3 Å². The highest BCUT2D eigenvalue weighted by atomic mass is 19.4. The first-order valence-corrected chi connectivity index (χ1v) is 8.76. The van der Waals surface area contributed by atoms with E-state index in [1.54, 1.807) is 37.4 Å². The SMILES string of the molecule is COc1ccc(CCNC[C@H](O)[C@@H](NCc2ccccc2)C(F)(F)F)cc1. The number of halogens is 3. The van der Waals surface area contributed by atoms with Gasteiger partial charge in [0.15, 0.2) is 0 Å². The Morgan fingerprint density at radius 2 is 1.67 bits per heavy atom. The van der Waals surface area contributed by atoms with Crippen LogP contribution in [0.3, 0.4) is 0 Å². The molecule has 2 aromatic carbocycles. The van der Waals surface area contributed by atoms with E-state index in [-0.39, 0.29) is 13.1 Å². The van der Waals surface area contributed by atoms with Gasteiger partial charge in [0.25, 0.3) is 0 Å². The first-order valence-electron chi connectivity index (χ1n) is 8.76. The molecule has 7 heteroatoms. The van der Waals surface area contributed by atoms with Crippen LogP contribution in [0.2, 0.25) is 0 Å². The molecule has 4 nitrogen and oxygen atoms in total. The van der Waals surface area contributed by atoms with E-state index in [0.29, 0.717) is 13.0 Å². The van der Waals surface area contributed by atoms with Crippen LogP contribution < -0.4 is 15.4 Å². The summed E-state index contributed by atoms with van der Waals surface area (Å²) in [6.07, 6.45) is -5.47. The molecule has 0 saturated heterocycles. The van der Waals surface area contributed by atoms with Crippen molar-refractivity contribution >= 4 is 0 Å². The second kappa shape index (κ2) is 10.3. The Kier molecular flexibility index (Phi) is 8.09. The van der Waals surface area contributed by atoms with Crippen molar-refractivity contribution in [1.82, 2.24) is 10.6 Å². The van der Waals surface area contributed by atoms with Crippen molar-refractivity contribution in [3.8, 4) is 5.75 Å². The van der Waals surface area contributed by atoms with Gasteiger partial charge >= 0.3 is 6.18 Å². The molecule has 0 aliphatic rings. The van der Waals surface area contributed by atoms with Crippen LogP contribution in [0.1, 0.15) is 11.1 Å². The number of benzene rings is 2. The van der Waals surface area contributed by atoms with E-state index >= 15 is 0 Å². The smallest absolute Gasteiger partial charge is 0.406 e. The van der Waals surface area contributed by atoms with Crippen molar-refractivity contribution < 1.29 is 23.0 Å². The summed E-state index contributed by atoms with van der Waals surface area (Å²) in [4.78, 5) is 0. The van der Waals surface area contributed by atoms with Gasteiger partial charge < -0.3 is 15.2 Å². The Morgan fingerprint density at radius 3 is 2.26 bits per heavy atom. The first kappa shape index (κ1) is 21.2. The summed E-state index contributed by atoms with van der Waals surface area (Å²) < 4.78 is 44.8. The van der Waals surface area contributed by atoms with Gasteiger partial charge in [0.2, 0.25) is 0 Å². The summed E-state index contributed by atoms with van der Waals surface area (Å²) >= 11 is 0. The molecule has 2 aromatic rings. The molecule has 0 amide bonds. The predicted octanol–water partition coefficient (Wildman–Crippen LogP) is 2.91. The maximum absolute atomic E-state index is 13.3. The van der Waals surface area contributed by atoms with Gasteiger partial charge in [0.05, 0.1) is 13.2 Å². The van der Waals surface area contributed by atoms with Crippen molar-refractivity contribution in [1.29, 1.82) is 0 Å². The van der Waals surface area contributed by atoms with Crippen molar-refractivity contribution in [2.45, 2.75) is 31.3 Å². The van der Waals surface area contributed by atoms with Crippen LogP contribution in [0.4, 0.5) is 13.2 Å². The Morgan fingerprint density at radius 1 is 1.00 bits per heavy atom. The van der Waals surface area contributed by atoms with Gasteiger partial charge in [-0.1, -0.05) is 42.5 Å². The predicted molar refractivity (Wildman–Crippen MR) is 98.7 cm³/mol. The van der Waals surface area contributed by atoms with Gasteiger partial charge in [-0.25, -0.2) is 0 Å². The van der Waals surface area contributed by atoms with Gasteiger partial charge in [-0.05, 0) is 36.2 Å². The van der Waals surface area contributed by atoms with Crippen LogP contribution in [-0.2, 0) is 13.0 Å². The monoisotopic (exact) mass is 382 g/mol. The maximum Gasteiger partial charge on any atom is 0.406 e. The largest absolute Gasteiger partial charge is 0.497 e. The summed E-state index contributed by atoms with van der Waals surface area (Å²) in [5.74, 6) is 0.750. The molecule has 0 aliphatic carbocycles. The van der Waals surface area contributed by atoms with Gasteiger partial charge in [0, 0.05) is 13.1 Å². The molecule has 0 fully saturated rings. The molecule has 0 radical (unpaired) electrons. The molecule has 0 aliphatic heterocycles. The molecule has 0 aromatic heterocycles. The van der Waals surface area contributed by atoms with Gasteiger partial charge in [-0.15, -0.1) is 0 Å². The zero-order valence-corrected chi connectivity index (χ0v) is 15.2. The number of hydrogen-bond donors (Lipinski definition) is 3. The maximum atomic E-state index is 13.3.